The van der Waals surface area contributed by atoms with E-state index in [1.165, 1.54) is 13.0 Å². The number of anilines is 1. The zero-order valence-corrected chi connectivity index (χ0v) is 15.4. The first-order chi connectivity index (χ1) is 11.8. The highest BCUT2D eigenvalue weighted by molar-refractivity contribution is 5.89. The van der Waals surface area contributed by atoms with E-state index in [0.29, 0.717) is 18.9 Å². The molecular weight excluding hydrogens is 320 g/mol. The van der Waals surface area contributed by atoms with Gasteiger partial charge in [-0.2, -0.15) is 0 Å². The van der Waals surface area contributed by atoms with Crippen molar-refractivity contribution in [3.8, 4) is 0 Å². The number of rotatable bonds is 9. The van der Waals surface area contributed by atoms with Crippen LogP contribution in [0.25, 0.3) is 6.08 Å². The Hall–Kier alpha value is -2.18. The van der Waals surface area contributed by atoms with Gasteiger partial charge in [0.2, 0.25) is 5.91 Å². The molecule has 0 saturated heterocycles. The number of hydrogen-bond acceptors (Lipinski definition) is 5. The summed E-state index contributed by atoms with van der Waals surface area (Å²) >= 11 is 0. The molecule has 0 heterocycles. The summed E-state index contributed by atoms with van der Waals surface area (Å²) in [6, 6.07) is 7.15. The monoisotopic (exact) mass is 348 g/mol. The molecule has 0 bridgehead atoms. The Bertz CT molecular complexity index is 574. The maximum atomic E-state index is 11.6. The fraction of sp³-hybridized carbons (Fsp3) is 0.474. The van der Waals surface area contributed by atoms with Gasteiger partial charge in [0.15, 0.2) is 0 Å². The zero-order chi connectivity index (χ0) is 18.7. The molecule has 0 aromatic heterocycles. The van der Waals surface area contributed by atoms with Crippen molar-refractivity contribution in [2.24, 2.45) is 0 Å². The van der Waals surface area contributed by atoms with Crippen LogP contribution < -0.4 is 10.6 Å². The van der Waals surface area contributed by atoms with Crippen molar-refractivity contribution in [2.75, 3.05) is 31.7 Å². The van der Waals surface area contributed by atoms with Gasteiger partial charge in [-0.3, -0.25) is 4.79 Å². The first-order valence-corrected chi connectivity index (χ1v) is 8.31. The van der Waals surface area contributed by atoms with Gasteiger partial charge >= 0.3 is 5.97 Å². The van der Waals surface area contributed by atoms with Crippen LogP contribution in [0.2, 0.25) is 0 Å². The molecule has 1 rings (SSSR count). The predicted octanol–water partition coefficient (Wildman–Crippen LogP) is 2.61. The number of ether oxygens (including phenoxy) is 2. The van der Waals surface area contributed by atoms with E-state index in [9.17, 15) is 9.59 Å². The maximum absolute atomic E-state index is 11.6. The number of amides is 1. The summed E-state index contributed by atoms with van der Waals surface area (Å²) in [4.78, 5) is 22.6. The Balaban J connectivity index is 2.19. The third-order valence-corrected chi connectivity index (χ3v) is 3.02. The summed E-state index contributed by atoms with van der Waals surface area (Å²) in [5.74, 6) is -0.536. The first-order valence-electron chi connectivity index (χ1n) is 8.31. The molecule has 0 spiro atoms. The average molecular weight is 348 g/mol. The van der Waals surface area contributed by atoms with E-state index in [1.807, 2.05) is 0 Å². The van der Waals surface area contributed by atoms with Crippen molar-refractivity contribution in [3.63, 3.8) is 0 Å². The van der Waals surface area contributed by atoms with E-state index in [4.69, 9.17) is 9.47 Å². The summed E-state index contributed by atoms with van der Waals surface area (Å²) in [7, 11) is 0. The van der Waals surface area contributed by atoms with E-state index in [1.54, 1.807) is 30.3 Å². The van der Waals surface area contributed by atoms with Crippen LogP contribution in [0.4, 0.5) is 5.69 Å². The Labute approximate surface area is 149 Å². The molecule has 0 fully saturated rings. The number of hydrogen-bond donors (Lipinski definition) is 2. The van der Waals surface area contributed by atoms with Gasteiger partial charge < -0.3 is 20.1 Å². The van der Waals surface area contributed by atoms with Crippen LogP contribution in [0, 0.1) is 0 Å². The lowest BCUT2D eigenvalue weighted by atomic mass is 10.1. The van der Waals surface area contributed by atoms with Crippen LogP contribution in [-0.4, -0.2) is 43.8 Å². The zero-order valence-electron chi connectivity index (χ0n) is 15.4. The first kappa shape index (κ1) is 20.9. The summed E-state index contributed by atoms with van der Waals surface area (Å²) in [6.07, 6.45) is 3.03. The number of esters is 1. The SMILES string of the molecule is CC(=O)Nc1ccc(/C=C/C(=O)OCCOCCNC(C)(C)C)cc1. The number of carbonyl (C=O) groups excluding carboxylic acids is 2. The highest BCUT2D eigenvalue weighted by Crippen LogP contribution is 2.10. The van der Waals surface area contributed by atoms with Gasteiger partial charge in [-0.25, -0.2) is 4.79 Å². The largest absolute Gasteiger partial charge is 0.460 e. The number of nitrogens with one attached hydrogen (secondary N) is 2. The molecule has 1 aromatic carbocycles. The number of benzene rings is 1. The van der Waals surface area contributed by atoms with Crippen molar-refractivity contribution < 1.29 is 19.1 Å². The average Bonchev–Trinajstić information content (AvgIpc) is 2.51. The van der Waals surface area contributed by atoms with Gasteiger partial charge in [0.1, 0.15) is 6.61 Å². The second-order valence-electron chi connectivity index (χ2n) is 6.59. The van der Waals surface area contributed by atoms with Crippen molar-refractivity contribution in [1.29, 1.82) is 0 Å². The molecule has 25 heavy (non-hydrogen) atoms. The van der Waals surface area contributed by atoms with Crippen molar-refractivity contribution in [3.05, 3.63) is 35.9 Å². The van der Waals surface area contributed by atoms with Crippen LogP contribution in [0.3, 0.4) is 0 Å². The highest BCUT2D eigenvalue weighted by Gasteiger charge is 2.07. The lowest BCUT2D eigenvalue weighted by molar-refractivity contribution is -0.139. The second kappa shape index (κ2) is 10.6. The Morgan fingerprint density at radius 1 is 1.08 bits per heavy atom. The highest BCUT2D eigenvalue weighted by atomic mass is 16.6. The molecule has 0 saturated carbocycles. The smallest absolute Gasteiger partial charge is 0.330 e. The third-order valence-electron chi connectivity index (χ3n) is 3.02. The van der Waals surface area contributed by atoms with Gasteiger partial charge in [-0.1, -0.05) is 12.1 Å². The minimum absolute atomic E-state index is 0.0704. The quantitative estimate of drug-likeness (QED) is 0.407. The summed E-state index contributed by atoms with van der Waals surface area (Å²) in [5, 5.41) is 5.99. The minimum Gasteiger partial charge on any atom is -0.460 e. The van der Waals surface area contributed by atoms with Gasteiger partial charge in [0.05, 0.1) is 13.2 Å². The van der Waals surface area contributed by atoms with Crippen LogP contribution >= 0.6 is 0 Å². The van der Waals surface area contributed by atoms with Crippen LogP contribution in [0.5, 0.6) is 0 Å². The van der Waals surface area contributed by atoms with Crippen molar-refractivity contribution in [1.82, 2.24) is 5.32 Å². The molecule has 6 nitrogen and oxygen atoms in total. The molecule has 0 atom stereocenters. The van der Waals surface area contributed by atoms with Gasteiger partial charge in [0, 0.05) is 30.8 Å². The van der Waals surface area contributed by atoms with Gasteiger partial charge in [0.25, 0.3) is 0 Å². The van der Waals surface area contributed by atoms with Gasteiger partial charge in [-0.05, 0) is 44.5 Å². The van der Waals surface area contributed by atoms with E-state index in [-0.39, 0.29) is 18.1 Å². The Kier molecular flexibility index (Phi) is 8.88. The van der Waals surface area contributed by atoms with E-state index in [0.717, 1.165) is 12.1 Å². The summed E-state index contributed by atoms with van der Waals surface area (Å²) in [6.45, 7) is 9.65. The minimum atomic E-state index is -0.414. The Morgan fingerprint density at radius 3 is 2.36 bits per heavy atom. The fourth-order valence-corrected chi connectivity index (χ4v) is 1.89. The lowest BCUT2D eigenvalue weighted by Gasteiger charge is -2.20. The van der Waals surface area contributed by atoms with Crippen molar-refractivity contribution in [2.45, 2.75) is 33.2 Å². The third kappa shape index (κ3) is 11.1. The van der Waals surface area contributed by atoms with Crippen LogP contribution in [0.15, 0.2) is 30.3 Å². The van der Waals surface area contributed by atoms with E-state index in [2.05, 4.69) is 31.4 Å². The molecule has 6 heteroatoms. The molecule has 0 radical (unpaired) electrons. The molecule has 0 unspecified atom stereocenters. The topological polar surface area (TPSA) is 76.7 Å². The molecule has 138 valence electrons. The lowest BCUT2D eigenvalue weighted by Crippen LogP contribution is -2.38. The molecule has 1 aromatic rings. The summed E-state index contributed by atoms with van der Waals surface area (Å²) in [5.41, 5.74) is 1.63. The molecule has 0 aliphatic carbocycles. The van der Waals surface area contributed by atoms with Crippen LogP contribution in [-0.2, 0) is 19.1 Å². The molecule has 1 amide bonds. The maximum Gasteiger partial charge on any atom is 0.330 e. The van der Waals surface area contributed by atoms with Gasteiger partial charge in [-0.15, -0.1) is 0 Å². The van der Waals surface area contributed by atoms with E-state index < -0.39 is 5.97 Å². The normalized spacial score (nSPS) is 11.5. The standard InChI is InChI=1S/C19H28N2O4/c1-15(22)21-17-8-5-16(6-9-17)7-10-18(23)25-14-13-24-12-11-20-19(2,3)4/h5-10,20H,11-14H2,1-4H3,(H,21,22)/b10-7+. The second-order valence-corrected chi connectivity index (χ2v) is 6.59. The predicted molar refractivity (Wildman–Crippen MR) is 99.3 cm³/mol. The van der Waals surface area contributed by atoms with Crippen molar-refractivity contribution >= 4 is 23.6 Å². The fourth-order valence-electron chi connectivity index (χ4n) is 1.89. The number of carbonyl (C=O) groups is 2. The molecule has 0 aliphatic heterocycles. The molecule has 0 aliphatic rings. The van der Waals surface area contributed by atoms with Crippen LogP contribution in [0.1, 0.15) is 33.3 Å². The molecular formula is C19H28N2O4. The van der Waals surface area contributed by atoms with E-state index >= 15 is 0 Å². The summed E-state index contributed by atoms with van der Waals surface area (Å²) < 4.78 is 10.4. The molecule has 2 N–H and O–H groups in total. The Morgan fingerprint density at radius 2 is 1.76 bits per heavy atom.